The van der Waals surface area contributed by atoms with Crippen LogP contribution < -0.4 is 0 Å². The van der Waals surface area contributed by atoms with Crippen molar-refractivity contribution in [3.05, 3.63) is 121 Å². The fourth-order valence-corrected chi connectivity index (χ4v) is 4.54. The number of para-hydroxylation sites is 2. The lowest BCUT2D eigenvalue weighted by Crippen LogP contribution is -2.36. The largest absolute Gasteiger partial charge is 0.337 e. The van der Waals surface area contributed by atoms with Crippen molar-refractivity contribution in [3.8, 4) is 0 Å². The van der Waals surface area contributed by atoms with E-state index in [0.717, 1.165) is 39.4 Å². The van der Waals surface area contributed by atoms with Crippen molar-refractivity contribution in [2.24, 2.45) is 0 Å². The molecule has 0 atom stereocenters. The average Bonchev–Trinajstić information content (AvgIpc) is 3.24. The van der Waals surface area contributed by atoms with Crippen molar-refractivity contribution in [2.45, 2.75) is 6.42 Å². The molecule has 1 aliphatic rings. The summed E-state index contributed by atoms with van der Waals surface area (Å²) in [4.78, 5) is 37.9. The van der Waals surface area contributed by atoms with Crippen LogP contribution in [0.4, 0.5) is 0 Å². The quantitative estimate of drug-likeness (QED) is 0.245. The molecule has 0 saturated carbocycles. The number of nitrogens with zero attached hydrogens (tertiary/aromatic N) is 4. The molecule has 2 aromatic heterocycles. The number of fused-ring (bicyclic) bond motifs is 2. The van der Waals surface area contributed by atoms with Gasteiger partial charge >= 0.3 is 0 Å². The number of carbonyl (C=O) groups excluding carboxylic acids is 2. The minimum absolute atomic E-state index is 0.0481. The Morgan fingerprint density at radius 1 is 0.615 bits per heavy atom. The van der Waals surface area contributed by atoms with E-state index in [1.54, 1.807) is 34.1 Å². The third kappa shape index (κ3) is 6.93. The first-order chi connectivity index (χ1) is 19.2. The van der Waals surface area contributed by atoms with Gasteiger partial charge in [0.15, 0.2) is 0 Å². The van der Waals surface area contributed by atoms with Gasteiger partial charge < -0.3 is 9.80 Å². The highest BCUT2D eigenvalue weighted by Crippen LogP contribution is 2.15. The molecule has 5 rings (SSSR count). The van der Waals surface area contributed by atoms with Gasteiger partial charge in [-0.1, -0.05) is 72.9 Å². The van der Waals surface area contributed by atoms with Crippen LogP contribution in [0.25, 0.3) is 34.0 Å². The number of rotatable bonds is 6. The molecular formula is C33H30N4O2. The van der Waals surface area contributed by atoms with Crippen LogP contribution in [-0.2, 0) is 9.59 Å². The molecule has 2 aromatic carbocycles. The smallest absolute Gasteiger partial charge is 0.246 e. The van der Waals surface area contributed by atoms with Crippen molar-refractivity contribution < 1.29 is 9.59 Å². The van der Waals surface area contributed by atoms with Gasteiger partial charge in [-0.05, 0) is 41.8 Å². The summed E-state index contributed by atoms with van der Waals surface area (Å²) in [7, 11) is 0. The zero-order valence-corrected chi connectivity index (χ0v) is 21.7. The molecule has 3 heterocycles. The highest BCUT2D eigenvalue weighted by Gasteiger charge is 2.19. The van der Waals surface area contributed by atoms with Gasteiger partial charge in [0.05, 0.1) is 11.0 Å². The van der Waals surface area contributed by atoms with E-state index < -0.39 is 0 Å². The van der Waals surface area contributed by atoms with Gasteiger partial charge in [-0.3, -0.25) is 19.6 Å². The second kappa shape index (κ2) is 12.6. The lowest BCUT2D eigenvalue weighted by Gasteiger charge is -2.20. The Labute approximate surface area is 228 Å². The molecule has 0 N–H and O–H groups in total. The van der Waals surface area contributed by atoms with Gasteiger partial charge in [0.25, 0.3) is 0 Å². The summed E-state index contributed by atoms with van der Waals surface area (Å²) in [6.07, 6.45) is 18.6. The van der Waals surface area contributed by atoms with Crippen LogP contribution in [0.2, 0.25) is 0 Å². The number of allylic oxidation sites excluding steroid dienone is 4. The Morgan fingerprint density at radius 3 is 1.56 bits per heavy atom. The molecule has 0 radical (unpaired) electrons. The standard InChI is InChI=1S/C33H30N4O2/c38-32(16-7-1-10-26-22-28-12-3-5-14-30(28)34-24-26)36-18-9-19-37(21-20-36)33(39)17-8-2-11-27-23-29-13-4-6-15-31(29)35-25-27/h1-8,10-17,22-25H,9,18-21H2. The number of benzene rings is 2. The van der Waals surface area contributed by atoms with E-state index in [0.29, 0.717) is 26.2 Å². The predicted octanol–water partition coefficient (Wildman–Crippen LogP) is 5.68. The number of amides is 2. The molecule has 2 amide bonds. The predicted molar refractivity (Wildman–Crippen MR) is 158 cm³/mol. The summed E-state index contributed by atoms with van der Waals surface area (Å²) < 4.78 is 0. The second-order valence-corrected chi connectivity index (χ2v) is 9.36. The molecule has 39 heavy (non-hydrogen) atoms. The maximum atomic E-state index is 12.7. The van der Waals surface area contributed by atoms with Gasteiger partial charge in [0, 0.05) is 61.5 Å². The van der Waals surface area contributed by atoms with Crippen LogP contribution in [0.1, 0.15) is 17.5 Å². The molecule has 194 valence electrons. The number of aromatic nitrogens is 2. The molecule has 1 fully saturated rings. The fraction of sp³-hybridized carbons (Fsp3) is 0.152. The minimum atomic E-state index is -0.0481. The first kappa shape index (κ1) is 25.8. The molecule has 4 aromatic rings. The molecule has 0 unspecified atom stereocenters. The number of hydrogen-bond acceptors (Lipinski definition) is 4. The number of pyridine rings is 2. The van der Waals surface area contributed by atoms with E-state index in [9.17, 15) is 9.59 Å². The van der Waals surface area contributed by atoms with Crippen molar-refractivity contribution in [1.82, 2.24) is 19.8 Å². The van der Waals surface area contributed by atoms with Crippen LogP contribution in [0.15, 0.2) is 110 Å². The first-order valence-electron chi connectivity index (χ1n) is 13.1. The Balaban J connectivity index is 1.10. The Morgan fingerprint density at radius 2 is 1.08 bits per heavy atom. The van der Waals surface area contributed by atoms with E-state index in [1.807, 2.05) is 85.2 Å². The third-order valence-corrected chi connectivity index (χ3v) is 6.62. The summed E-state index contributed by atoms with van der Waals surface area (Å²) in [6, 6.07) is 20.1. The number of carbonyl (C=O) groups is 2. The van der Waals surface area contributed by atoms with E-state index >= 15 is 0 Å². The van der Waals surface area contributed by atoms with Crippen molar-refractivity contribution in [1.29, 1.82) is 0 Å². The third-order valence-electron chi connectivity index (χ3n) is 6.62. The number of hydrogen-bond donors (Lipinski definition) is 0. The van der Waals surface area contributed by atoms with Gasteiger partial charge in [0.2, 0.25) is 11.8 Å². The Kier molecular flexibility index (Phi) is 8.34. The van der Waals surface area contributed by atoms with Gasteiger partial charge in [0.1, 0.15) is 0 Å². The Bertz CT molecular complexity index is 1480. The summed E-state index contributed by atoms with van der Waals surface area (Å²) >= 11 is 0. The minimum Gasteiger partial charge on any atom is -0.337 e. The molecule has 0 bridgehead atoms. The average molecular weight is 515 g/mol. The van der Waals surface area contributed by atoms with Gasteiger partial charge in [-0.15, -0.1) is 0 Å². The van der Waals surface area contributed by atoms with Crippen molar-refractivity contribution in [2.75, 3.05) is 26.2 Å². The summed E-state index contributed by atoms with van der Waals surface area (Å²) in [6.45, 7) is 2.28. The second-order valence-electron chi connectivity index (χ2n) is 9.36. The van der Waals surface area contributed by atoms with Crippen LogP contribution in [0.3, 0.4) is 0 Å². The SMILES string of the molecule is O=C(C=CC=Cc1cnc2ccccc2c1)N1CCCN(C(=O)C=CC=Cc2cnc3ccccc3c2)CC1. The lowest BCUT2D eigenvalue weighted by atomic mass is 10.1. The van der Waals surface area contributed by atoms with E-state index in [2.05, 4.69) is 22.1 Å². The Hall–Kier alpha value is -4.84. The van der Waals surface area contributed by atoms with Gasteiger partial charge in [-0.25, -0.2) is 0 Å². The maximum Gasteiger partial charge on any atom is 0.246 e. The van der Waals surface area contributed by atoms with Gasteiger partial charge in [-0.2, -0.15) is 0 Å². The molecule has 0 spiro atoms. The highest BCUT2D eigenvalue weighted by atomic mass is 16.2. The van der Waals surface area contributed by atoms with Crippen LogP contribution in [-0.4, -0.2) is 57.8 Å². The van der Waals surface area contributed by atoms with Crippen LogP contribution in [0.5, 0.6) is 0 Å². The topological polar surface area (TPSA) is 66.4 Å². The molecule has 0 aliphatic carbocycles. The molecule has 6 nitrogen and oxygen atoms in total. The van der Waals surface area contributed by atoms with Crippen molar-refractivity contribution >= 4 is 45.8 Å². The summed E-state index contributed by atoms with van der Waals surface area (Å²) in [5.41, 5.74) is 3.87. The van der Waals surface area contributed by atoms with Crippen molar-refractivity contribution in [3.63, 3.8) is 0 Å². The van der Waals surface area contributed by atoms with E-state index in [-0.39, 0.29) is 11.8 Å². The monoisotopic (exact) mass is 514 g/mol. The molecule has 1 saturated heterocycles. The first-order valence-corrected chi connectivity index (χ1v) is 13.1. The van der Waals surface area contributed by atoms with Crippen LogP contribution in [0, 0.1) is 0 Å². The molecular weight excluding hydrogens is 484 g/mol. The summed E-state index contributed by atoms with van der Waals surface area (Å²) in [5, 5.41) is 2.16. The zero-order valence-electron chi connectivity index (χ0n) is 21.7. The summed E-state index contributed by atoms with van der Waals surface area (Å²) in [5.74, 6) is -0.0962. The fourth-order valence-electron chi connectivity index (χ4n) is 4.54. The molecule has 1 aliphatic heterocycles. The highest BCUT2D eigenvalue weighted by molar-refractivity contribution is 5.89. The molecule has 6 heteroatoms. The van der Waals surface area contributed by atoms with Crippen LogP contribution >= 0.6 is 0 Å². The lowest BCUT2D eigenvalue weighted by molar-refractivity contribution is -0.128. The van der Waals surface area contributed by atoms with E-state index in [4.69, 9.17) is 0 Å². The normalized spacial score (nSPS) is 14.9. The van der Waals surface area contributed by atoms with E-state index in [1.165, 1.54) is 0 Å². The maximum absolute atomic E-state index is 12.7. The zero-order chi connectivity index (χ0) is 26.9.